The molecule has 17 heavy (non-hydrogen) atoms. The summed E-state index contributed by atoms with van der Waals surface area (Å²) in [5.41, 5.74) is -0.429. The molecule has 0 aliphatic heterocycles. The number of esters is 1. The average Bonchev–Trinajstić information content (AvgIpc) is 2.12. The summed E-state index contributed by atoms with van der Waals surface area (Å²) in [6.07, 6.45) is 2.02. The van der Waals surface area contributed by atoms with Crippen LogP contribution in [0.3, 0.4) is 0 Å². The normalized spacial score (nSPS) is 11.9. The van der Waals surface area contributed by atoms with Crippen LogP contribution in [0.25, 0.3) is 0 Å². The SMILES string of the molecule is CC(C)NCCCCOCC(=O)OC(C)(C)C. The summed E-state index contributed by atoms with van der Waals surface area (Å²) in [4.78, 5) is 11.3. The standard InChI is InChI=1S/C13H27NO3/c1-11(2)14-8-6-7-9-16-10-12(15)17-13(3,4)5/h11,14H,6-10H2,1-5H3. The number of ether oxygens (including phenoxy) is 2. The lowest BCUT2D eigenvalue weighted by Gasteiger charge is -2.19. The van der Waals surface area contributed by atoms with Crippen molar-refractivity contribution in [3.05, 3.63) is 0 Å². The summed E-state index contributed by atoms with van der Waals surface area (Å²) in [6.45, 7) is 11.5. The van der Waals surface area contributed by atoms with Crippen LogP contribution >= 0.6 is 0 Å². The largest absolute Gasteiger partial charge is 0.458 e. The van der Waals surface area contributed by atoms with Crippen LogP contribution in [0.4, 0.5) is 0 Å². The van der Waals surface area contributed by atoms with Gasteiger partial charge in [-0.15, -0.1) is 0 Å². The molecule has 0 saturated carbocycles. The van der Waals surface area contributed by atoms with Gasteiger partial charge in [-0.3, -0.25) is 0 Å². The van der Waals surface area contributed by atoms with Gasteiger partial charge in [-0.1, -0.05) is 13.8 Å². The molecule has 0 unspecified atom stereocenters. The Balaban J connectivity index is 3.31. The van der Waals surface area contributed by atoms with E-state index in [0.717, 1.165) is 19.4 Å². The maximum Gasteiger partial charge on any atom is 0.332 e. The highest BCUT2D eigenvalue weighted by atomic mass is 16.6. The molecule has 0 aromatic rings. The van der Waals surface area contributed by atoms with E-state index in [2.05, 4.69) is 19.2 Å². The maximum absolute atomic E-state index is 11.3. The molecular weight excluding hydrogens is 218 g/mol. The molecule has 0 aromatic carbocycles. The average molecular weight is 245 g/mol. The predicted molar refractivity (Wildman–Crippen MR) is 69.0 cm³/mol. The lowest BCUT2D eigenvalue weighted by Crippen LogP contribution is -2.26. The molecule has 4 heteroatoms. The van der Waals surface area contributed by atoms with E-state index < -0.39 is 5.60 Å². The van der Waals surface area contributed by atoms with E-state index in [1.165, 1.54) is 0 Å². The molecule has 0 aliphatic carbocycles. The van der Waals surface area contributed by atoms with Crippen LogP contribution in [0.5, 0.6) is 0 Å². The van der Waals surface area contributed by atoms with Crippen LogP contribution in [0.2, 0.25) is 0 Å². The van der Waals surface area contributed by atoms with Gasteiger partial charge in [0, 0.05) is 12.6 Å². The Hall–Kier alpha value is -0.610. The molecule has 0 aliphatic rings. The van der Waals surface area contributed by atoms with Crippen molar-refractivity contribution in [3.8, 4) is 0 Å². The first-order valence-corrected chi connectivity index (χ1v) is 6.34. The number of hydrogen-bond acceptors (Lipinski definition) is 4. The van der Waals surface area contributed by atoms with E-state index in [-0.39, 0.29) is 12.6 Å². The van der Waals surface area contributed by atoms with Gasteiger partial charge in [-0.05, 0) is 40.2 Å². The highest BCUT2D eigenvalue weighted by Crippen LogP contribution is 2.06. The van der Waals surface area contributed by atoms with Gasteiger partial charge in [0.25, 0.3) is 0 Å². The van der Waals surface area contributed by atoms with Crippen LogP contribution in [-0.2, 0) is 14.3 Å². The minimum atomic E-state index is -0.429. The second-order valence-electron chi connectivity index (χ2n) is 5.45. The molecule has 0 bridgehead atoms. The van der Waals surface area contributed by atoms with Crippen molar-refractivity contribution >= 4 is 5.97 Å². The van der Waals surface area contributed by atoms with Crippen LogP contribution in [0.1, 0.15) is 47.5 Å². The molecule has 0 radical (unpaired) electrons. The Bertz CT molecular complexity index is 209. The fourth-order valence-corrected chi connectivity index (χ4v) is 1.25. The van der Waals surface area contributed by atoms with Gasteiger partial charge in [0.15, 0.2) is 0 Å². The molecule has 0 aromatic heterocycles. The smallest absolute Gasteiger partial charge is 0.332 e. The zero-order valence-electron chi connectivity index (χ0n) is 11.8. The fourth-order valence-electron chi connectivity index (χ4n) is 1.25. The Morgan fingerprint density at radius 1 is 1.24 bits per heavy atom. The Labute approximate surface area is 105 Å². The van der Waals surface area contributed by atoms with Crippen molar-refractivity contribution in [1.29, 1.82) is 0 Å². The summed E-state index contributed by atoms with van der Waals surface area (Å²) >= 11 is 0. The molecule has 0 fully saturated rings. The zero-order valence-corrected chi connectivity index (χ0v) is 11.8. The minimum Gasteiger partial charge on any atom is -0.458 e. The number of rotatable bonds is 8. The van der Waals surface area contributed by atoms with E-state index in [9.17, 15) is 4.79 Å². The van der Waals surface area contributed by atoms with Gasteiger partial charge in [-0.25, -0.2) is 4.79 Å². The number of nitrogens with one attached hydrogen (secondary N) is 1. The number of unbranched alkanes of at least 4 members (excludes halogenated alkanes) is 1. The summed E-state index contributed by atoms with van der Waals surface area (Å²) in [7, 11) is 0. The highest BCUT2D eigenvalue weighted by Gasteiger charge is 2.15. The lowest BCUT2D eigenvalue weighted by atomic mass is 10.2. The summed E-state index contributed by atoms with van der Waals surface area (Å²) < 4.78 is 10.4. The monoisotopic (exact) mass is 245 g/mol. The van der Waals surface area contributed by atoms with E-state index in [0.29, 0.717) is 12.6 Å². The van der Waals surface area contributed by atoms with Crippen molar-refractivity contribution < 1.29 is 14.3 Å². The van der Waals surface area contributed by atoms with Gasteiger partial charge in [0.05, 0.1) is 0 Å². The molecule has 0 atom stereocenters. The van der Waals surface area contributed by atoms with Crippen LogP contribution in [0, 0.1) is 0 Å². The molecule has 0 amide bonds. The zero-order chi connectivity index (χ0) is 13.3. The maximum atomic E-state index is 11.3. The number of carbonyl (C=O) groups excluding carboxylic acids is 1. The van der Waals surface area contributed by atoms with Crippen LogP contribution in [0.15, 0.2) is 0 Å². The van der Waals surface area contributed by atoms with Crippen molar-refractivity contribution in [2.75, 3.05) is 19.8 Å². The second kappa shape index (κ2) is 8.48. The first-order chi connectivity index (χ1) is 7.81. The third-order valence-electron chi connectivity index (χ3n) is 1.91. The van der Waals surface area contributed by atoms with E-state index >= 15 is 0 Å². The second-order valence-corrected chi connectivity index (χ2v) is 5.45. The highest BCUT2D eigenvalue weighted by molar-refractivity contribution is 5.71. The van der Waals surface area contributed by atoms with Gasteiger partial charge >= 0.3 is 5.97 Å². The summed E-state index contributed by atoms with van der Waals surface area (Å²) in [5, 5.41) is 3.33. The Morgan fingerprint density at radius 2 is 1.88 bits per heavy atom. The lowest BCUT2D eigenvalue weighted by molar-refractivity contribution is -0.160. The van der Waals surface area contributed by atoms with Gasteiger partial charge in [-0.2, -0.15) is 0 Å². The fraction of sp³-hybridized carbons (Fsp3) is 0.923. The van der Waals surface area contributed by atoms with Crippen molar-refractivity contribution in [2.45, 2.75) is 59.1 Å². The quantitative estimate of drug-likeness (QED) is 0.525. The van der Waals surface area contributed by atoms with Crippen molar-refractivity contribution in [1.82, 2.24) is 5.32 Å². The first-order valence-electron chi connectivity index (χ1n) is 6.34. The van der Waals surface area contributed by atoms with E-state index in [1.807, 2.05) is 20.8 Å². The summed E-state index contributed by atoms with van der Waals surface area (Å²) in [5.74, 6) is -0.294. The molecule has 102 valence electrons. The molecular formula is C13H27NO3. The molecule has 0 rings (SSSR count). The Kier molecular flexibility index (Phi) is 8.17. The van der Waals surface area contributed by atoms with Gasteiger partial charge in [0.1, 0.15) is 12.2 Å². The molecule has 1 N–H and O–H groups in total. The Morgan fingerprint density at radius 3 is 2.41 bits per heavy atom. The molecule has 0 spiro atoms. The van der Waals surface area contributed by atoms with Crippen LogP contribution in [-0.4, -0.2) is 37.4 Å². The molecule has 4 nitrogen and oxygen atoms in total. The minimum absolute atomic E-state index is 0.0505. The molecule has 0 heterocycles. The topological polar surface area (TPSA) is 47.6 Å². The van der Waals surface area contributed by atoms with E-state index in [4.69, 9.17) is 9.47 Å². The van der Waals surface area contributed by atoms with Crippen LogP contribution < -0.4 is 5.32 Å². The summed E-state index contributed by atoms with van der Waals surface area (Å²) in [6, 6.07) is 0.526. The van der Waals surface area contributed by atoms with Crippen molar-refractivity contribution in [2.24, 2.45) is 0 Å². The van der Waals surface area contributed by atoms with Gasteiger partial charge in [0.2, 0.25) is 0 Å². The van der Waals surface area contributed by atoms with Gasteiger partial charge < -0.3 is 14.8 Å². The third kappa shape index (κ3) is 13.3. The number of carbonyl (C=O) groups is 1. The predicted octanol–water partition coefficient (Wildman–Crippen LogP) is 2.12. The first kappa shape index (κ1) is 16.4. The number of hydrogen-bond donors (Lipinski definition) is 1. The van der Waals surface area contributed by atoms with Crippen molar-refractivity contribution in [3.63, 3.8) is 0 Å². The third-order valence-corrected chi connectivity index (χ3v) is 1.91. The van der Waals surface area contributed by atoms with E-state index in [1.54, 1.807) is 0 Å². The molecule has 0 saturated heterocycles.